The van der Waals surface area contributed by atoms with Crippen LogP contribution in [-0.4, -0.2) is 53.8 Å². The van der Waals surface area contributed by atoms with E-state index in [2.05, 4.69) is 49.3 Å². The van der Waals surface area contributed by atoms with Crippen LogP contribution < -0.4 is 5.32 Å². The van der Waals surface area contributed by atoms with E-state index in [1.165, 1.54) is 19.3 Å². The van der Waals surface area contributed by atoms with Gasteiger partial charge in [-0.3, -0.25) is 4.90 Å². The second-order valence-electron chi connectivity index (χ2n) is 7.51. The van der Waals surface area contributed by atoms with Gasteiger partial charge in [-0.15, -0.1) is 5.10 Å². The molecule has 1 aliphatic carbocycles. The van der Waals surface area contributed by atoms with Crippen molar-refractivity contribution in [2.75, 3.05) is 13.1 Å². The Labute approximate surface area is 148 Å². The minimum absolute atomic E-state index is 0.486. The van der Waals surface area contributed by atoms with Gasteiger partial charge in [0.1, 0.15) is 5.82 Å². The van der Waals surface area contributed by atoms with Crippen molar-refractivity contribution in [2.45, 2.75) is 58.3 Å². The predicted octanol–water partition coefficient (Wildman–Crippen LogP) is 0.961. The van der Waals surface area contributed by atoms with Gasteiger partial charge in [0.2, 0.25) is 0 Å². The summed E-state index contributed by atoms with van der Waals surface area (Å²) >= 11 is 0. The van der Waals surface area contributed by atoms with E-state index >= 15 is 0 Å². The summed E-state index contributed by atoms with van der Waals surface area (Å²) in [6.45, 7) is 6.95. The fourth-order valence-corrected chi connectivity index (χ4v) is 4.21. The largest absolute Gasteiger partial charge is 0.337 e. The third kappa shape index (κ3) is 3.32. The first-order chi connectivity index (χ1) is 12.2. The minimum Gasteiger partial charge on any atom is -0.337 e. The zero-order chi connectivity index (χ0) is 17.3. The van der Waals surface area contributed by atoms with Crippen LogP contribution in [0.5, 0.6) is 0 Å². The average Bonchev–Trinajstić information content (AvgIpc) is 2.93. The second-order valence-corrected chi connectivity index (χ2v) is 7.51. The third-order valence-corrected chi connectivity index (χ3v) is 5.84. The summed E-state index contributed by atoms with van der Waals surface area (Å²) in [6.07, 6.45) is 8.76. The van der Waals surface area contributed by atoms with Crippen molar-refractivity contribution in [1.29, 1.82) is 0 Å². The molecule has 4 rings (SSSR count). The van der Waals surface area contributed by atoms with E-state index in [9.17, 15) is 0 Å². The monoisotopic (exact) mass is 344 g/mol. The lowest BCUT2D eigenvalue weighted by atomic mass is 9.93. The normalized spacial score (nSPS) is 22.0. The van der Waals surface area contributed by atoms with Crippen LogP contribution in [0.1, 0.15) is 44.3 Å². The topological polar surface area (TPSA) is 76.7 Å². The van der Waals surface area contributed by atoms with Crippen molar-refractivity contribution in [3.63, 3.8) is 0 Å². The molecule has 2 aliphatic rings. The summed E-state index contributed by atoms with van der Waals surface area (Å²) in [5, 5.41) is 15.8. The van der Waals surface area contributed by atoms with E-state index in [-0.39, 0.29) is 0 Å². The molecule has 0 aromatic carbocycles. The Morgan fingerprint density at radius 2 is 2.08 bits per heavy atom. The van der Waals surface area contributed by atoms with Crippen molar-refractivity contribution in [1.82, 2.24) is 40.0 Å². The highest BCUT2D eigenvalue weighted by atomic mass is 15.5. The number of hydrogen-bond donors (Lipinski definition) is 1. The van der Waals surface area contributed by atoms with E-state index in [1.807, 2.05) is 17.1 Å². The van der Waals surface area contributed by atoms with Gasteiger partial charge in [-0.1, -0.05) is 6.92 Å². The number of tetrazole rings is 1. The Hall–Kier alpha value is -1.80. The maximum Gasteiger partial charge on any atom is 0.165 e. The molecule has 0 amide bonds. The highest BCUT2D eigenvalue weighted by Gasteiger charge is 2.56. The molecule has 1 N–H and O–H groups in total. The SMILES string of the molecule is CCCn1nnnc1CN(Cc1nccn1C)[C@H]1CC12CCNCC2. The standard InChI is InChI=1S/C17H28N8/c1-3-9-25-16(20-21-22-25)13-24(12-15-19-8-10-23(15)2)14-11-17(14)4-6-18-7-5-17/h8,10,14,18H,3-7,9,11-13H2,1-2H3/t14-/m0/s1. The smallest absolute Gasteiger partial charge is 0.165 e. The van der Waals surface area contributed by atoms with Gasteiger partial charge in [0.25, 0.3) is 0 Å². The van der Waals surface area contributed by atoms with Crippen LogP contribution in [0.15, 0.2) is 12.4 Å². The highest BCUT2D eigenvalue weighted by molar-refractivity contribution is 5.11. The van der Waals surface area contributed by atoms with Gasteiger partial charge >= 0.3 is 0 Å². The summed E-state index contributed by atoms with van der Waals surface area (Å²) in [6, 6.07) is 0.609. The number of hydrogen-bond acceptors (Lipinski definition) is 6. The second kappa shape index (κ2) is 6.84. The maximum absolute atomic E-state index is 4.54. The Kier molecular flexibility index (Phi) is 4.56. The first kappa shape index (κ1) is 16.7. The number of rotatable bonds is 7. The molecule has 1 aliphatic heterocycles. The molecule has 0 radical (unpaired) electrons. The molecule has 136 valence electrons. The van der Waals surface area contributed by atoms with Crippen molar-refractivity contribution in [2.24, 2.45) is 12.5 Å². The minimum atomic E-state index is 0.486. The first-order valence-corrected chi connectivity index (χ1v) is 9.38. The van der Waals surface area contributed by atoms with E-state index < -0.39 is 0 Å². The van der Waals surface area contributed by atoms with Gasteiger partial charge in [-0.2, -0.15) is 0 Å². The molecule has 1 saturated carbocycles. The van der Waals surface area contributed by atoms with Gasteiger partial charge in [0.05, 0.1) is 13.1 Å². The predicted molar refractivity (Wildman–Crippen MR) is 93.5 cm³/mol. The van der Waals surface area contributed by atoms with Crippen molar-refractivity contribution >= 4 is 0 Å². The molecule has 2 aromatic heterocycles. The lowest BCUT2D eigenvalue weighted by molar-refractivity contribution is 0.176. The Balaban J connectivity index is 1.53. The quantitative estimate of drug-likeness (QED) is 0.806. The van der Waals surface area contributed by atoms with Gasteiger partial charge < -0.3 is 9.88 Å². The summed E-state index contributed by atoms with van der Waals surface area (Å²) in [7, 11) is 2.06. The summed E-state index contributed by atoms with van der Waals surface area (Å²) in [4.78, 5) is 7.08. The molecular weight excluding hydrogens is 316 g/mol. The van der Waals surface area contributed by atoms with Crippen LogP contribution in [-0.2, 0) is 26.7 Å². The first-order valence-electron chi connectivity index (χ1n) is 9.38. The Morgan fingerprint density at radius 3 is 2.80 bits per heavy atom. The van der Waals surface area contributed by atoms with Crippen LogP contribution in [0, 0.1) is 5.41 Å². The van der Waals surface area contributed by atoms with Crippen LogP contribution in [0.3, 0.4) is 0 Å². The van der Waals surface area contributed by atoms with Crippen LogP contribution in [0.25, 0.3) is 0 Å². The van der Waals surface area contributed by atoms with E-state index in [1.54, 1.807) is 0 Å². The maximum atomic E-state index is 4.54. The molecule has 8 nitrogen and oxygen atoms in total. The fraction of sp³-hybridized carbons (Fsp3) is 0.765. The summed E-state index contributed by atoms with van der Waals surface area (Å²) in [5.74, 6) is 2.07. The number of aromatic nitrogens is 6. The third-order valence-electron chi connectivity index (χ3n) is 5.84. The highest BCUT2D eigenvalue weighted by Crippen LogP contribution is 2.56. The summed E-state index contributed by atoms with van der Waals surface area (Å²) < 4.78 is 4.06. The lowest BCUT2D eigenvalue weighted by Crippen LogP contribution is -2.36. The molecule has 0 bridgehead atoms. The van der Waals surface area contributed by atoms with Crippen molar-refractivity contribution < 1.29 is 0 Å². The van der Waals surface area contributed by atoms with Crippen LogP contribution in [0.4, 0.5) is 0 Å². The lowest BCUT2D eigenvalue weighted by Gasteiger charge is -2.29. The average molecular weight is 344 g/mol. The molecule has 1 atom stereocenters. The van der Waals surface area contributed by atoms with E-state index in [0.717, 1.165) is 50.8 Å². The summed E-state index contributed by atoms with van der Waals surface area (Å²) in [5.41, 5.74) is 0.486. The van der Waals surface area contributed by atoms with Gasteiger partial charge in [0, 0.05) is 32.0 Å². The number of nitrogens with one attached hydrogen (secondary N) is 1. The number of imidazole rings is 1. The van der Waals surface area contributed by atoms with Crippen molar-refractivity contribution in [3.8, 4) is 0 Å². The number of piperidine rings is 1. The molecule has 25 heavy (non-hydrogen) atoms. The number of nitrogens with zero attached hydrogens (tertiary/aromatic N) is 7. The Morgan fingerprint density at radius 1 is 1.28 bits per heavy atom. The van der Waals surface area contributed by atoms with E-state index in [4.69, 9.17) is 0 Å². The molecular formula is C17H28N8. The van der Waals surface area contributed by atoms with Gasteiger partial charge in [-0.25, -0.2) is 9.67 Å². The zero-order valence-electron chi connectivity index (χ0n) is 15.2. The van der Waals surface area contributed by atoms with Crippen LogP contribution in [0.2, 0.25) is 0 Å². The van der Waals surface area contributed by atoms with Crippen molar-refractivity contribution in [3.05, 3.63) is 24.0 Å². The van der Waals surface area contributed by atoms with Gasteiger partial charge in [0.15, 0.2) is 5.82 Å². The molecule has 8 heteroatoms. The fourth-order valence-electron chi connectivity index (χ4n) is 4.21. The van der Waals surface area contributed by atoms with Crippen LogP contribution >= 0.6 is 0 Å². The van der Waals surface area contributed by atoms with Gasteiger partial charge in [-0.05, 0) is 54.6 Å². The molecule has 2 aromatic rings. The number of aryl methyl sites for hydroxylation is 2. The molecule has 1 saturated heterocycles. The Bertz CT molecular complexity index is 699. The molecule has 3 heterocycles. The molecule has 0 unspecified atom stereocenters. The van der Waals surface area contributed by atoms with E-state index in [0.29, 0.717) is 11.5 Å². The molecule has 1 spiro atoms. The zero-order valence-corrected chi connectivity index (χ0v) is 15.2. The molecule has 2 fully saturated rings.